The first-order chi connectivity index (χ1) is 7.75. The molecular formula is C12H23N3O. The van der Waals surface area contributed by atoms with E-state index in [1.165, 1.54) is 19.3 Å². The molecule has 4 heteroatoms. The second-order valence-electron chi connectivity index (χ2n) is 5.14. The minimum Gasteiger partial charge on any atom is -0.342 e. The van der Waals surface area contributed by atoms with Gasteiger partial charge in [0, 0.05) is 13.1 Å². The van der Waals surface area contributed by atoms with Crippen LogP contribution in [-0.2, 0) is 4.79 Å². The van der Waals surface area contributed by atoms with E-state index in [-0.39, 0.29) is 0 Å². The van der Waals surface area contributed by atoms with Crippen molar-refractivity contribution < 1.29 is 4.79 Å². The Bertz CT molecular complexity index is 234. The molecule has 0 aromatic rings. The normalized spacial score (nSPS) is 21.5. The highest BCUT2D eigenvalue weighted by molar-refractivity contribution is 5.78. The molecule has 16 heavy (non-hydrogen) atoms. The van der Waals surface area contributed by atoms with Crippen molar-refractivity contribution in [1.82, 2.24) is 15.1 Å². The van der Waals surface area contributed by atoms with Gasteiger partial charge in [-0.1, -0.05) is 0 Å². The van der Waals surface area contributed by atoms with Gasteiger partial charge in [-0.2, -0.15) is 0 Å². The van der Waals surface area contributed by atoms with Crippen molar-refractivity contribution in [3.63, 3.8) is 0 Å². The second kappa shape index (κ2) is 5.64. The number of likely N-dealkylation sites (N-methyl/N-ethyl adjacent to an activating group) is 1. The van der Waals surface area contributed by atoms with Crippen molar-refractivity contribution >= 4 is 5.91 Å². The summed E-state index contributed by atoms with van der Waals surface area (Å²) in [6, 6.07) is 0. The maximum Gasteiger partial charge on any atom is 0.236 e. The summed E-state index contributed by atoms with van der Waals surface area (Å²) >= 11 is 0. The van der Waals surface area contributed by atoms with Crippen LogP contribution >= 0.6 is 0 Å². The summed E-state index contributed by atoms with van der Waals surface area (Å²) in [5, 5.41) is 3.28. The number of nitrogens with one attached hydrogen (secondary N) is 1. The van der Waals surface area contributed by atoms with Gasteiger partial charge in [-0.25, -0.2) is 0 Å². The van der Waals surface area contributed by atoms with Crippen molar-refractivity contribution in [2.45, 2.75) is 19.3 Å². The van der Waals surface area contributed by atoms with Crippen LogP contribution in [0.5, 0.6) is 0 Å². The highest BCUT2D eigenvalue weighted by Gasteiger charge is 2.20. The topological polar surface area (TPSA) is 35.6 Å². The molecule has 2 fully saturated rings. The Morgan fingerprint density at radius 3 is 2.62 bits per heavy atom. The highest BCUT2D eigenvalue weighted by atomic mass is 16.2. The molecule has 2 aliphatic rings. The first-order valence-electron chi connectivity index (χ1n) is 6.43. The maximum atomic E-state index is 11.9. The molecule has 0 radical (unpaired) electrons. The van der Waals surface area contributed by atoms with Gasteiger partial charge in [-0.05, 0) is 51.9 Å². The molecule has 1 amide bonds. The Morgan fingerprint density at radius 2 is 2.06 bits per heavy atom. The summed E-state index contributed by atoms with van der Waals surface area (Å²) in [6.07, 6.45) is 3.59. The van der Waals surface area contributed by atoms with E-state index in [1.807, 2.05) is 4.90 Å². The van der Waals surface area contributed by atoms with E-state index in [2.05, 4.69) is 17.3 Å². The van der Waals surface area contributed by atoms with Gasteiger partial charge in [-0.3, -0.25) is 9.69 Å². The maximum absolute atomic E-state index is 11.9. The Morgan fingerprint density at radius 1 is 1.38 bits per heavy atom. The fraction of sp³-hybridized carbons (Fsp3) is 0.917. The summed E-state index contributed by atoms with van der Waals surface area (Å²) < 4.78 is 0. The van der Waals surface area contributed by atoms with Gasteiger partial charge >= 0.3 is 0 Å². The molecule has 0 unspecified atom stereocenters. The number of likely N-dealkylation sites (tertiary alicyclic amines) is 1. The first-order valence-corrected chi connectivity index (χ1v) is 6.43. The molecule has 0 saturated carbocycles. The number of carbonyl (C=O) groups is 1. The van der Waals surface area contributed by atoms with Crippen molar-refractivity contribution in [1.29, 1.82) is 0 Å². The number of amides is 1. The molecule has 0 bridgehead atoms. The summed E-state index contributed by atoms with van der Waals surface area (Å²) in [6.45, 7) is 5.91. The predicted molar refractivity (Wildman–Crippen MR) is 64.3 cm³/mol. The van der Waals surface area contributed by atoms with Gasteiger partial charge in [0.1, 0.15) is 0 Å². The molecule has 0 aliphatic carbocycles. The third kappa shape index (κ3) is 3.19. The molecule has 0 aromatic carbocycles. The lowest BCUT2D eigenvalue weighted by molar-refractivity contribution is -0.131. The fourth-order valence-electron chi connectivity index (χ4n) is 2.33. The van der Waals surface area contributed by atoms with Crippen LogP contribution in [0, 0.1) is 5.92 Å². The zero-order chi connectivity index (χ0) is 11.4. The Kier molecular flexibility index (Phi) is 4.18. The zero-order valence-corrected chi connectivity index (χ0v) is 10.2. The van der Waals surface area contributed by atoms with Crippen LogP contribution < -0.4 is 5.32 Å². The molecule has 0 aromatic heterocycles. The smallest absolute Gasteiger partial charge is 0.236 e. The molecule has 2 heterocycles. The first kappa shape index (κ1) is 11.9. The SMILES string of the molecule is CN(CCC1CNC1)CC(=O)N1CCCC1. The molecule has 2 rings (SSSR count). The van der Waals surface area contributed by atoms with Gasteiger partial charge in [0.2, 0.25) is 5.91 Å². The third-order valence-corrected chi connectivity index (χ3v) is 3.65. The quantitative estimate of drug-likeness (QED) is 0.723. The van der Waals surface area contributed by atoms with Gasteiger partial charge in [0.25, 0.3) is 0 Å². The summed E-state index contributed by atoms with van der Waals surface area (Å²) in [4.78, 5) is 16.0. The Hall–Kier alpha value is -0.610. The van der Waals surface area contributed by atoms with Crippen LogP contribution in [0.1, 0.15) is 19.3 Å². The van der Waals surface area contributed by atoms with Gasteiger partial charge in [-0.15, -0.1) is 0 Å². The lowest BCUT2D eigenvalue weighted by Crippen LogP contribution is -2.44. The average Bonchev–Trinajstić information content (AvgIpc) is 2.67. The van der Waals surface area contributed by atoms with Crippen LogP contribution in [0.2, 0.25) is 0 Å². The molecular weight excluding hydrogens is 202 g/mol. The summed E-state index contributed by atoms with van der Waals surface area (Å²) in [5.74, 6) is 1.15. The molecule has 4 nitrogen and oxygen atoms in total. The lowest BCUT2D eigenvalue weighted by atomic mass is 9.99. The zero-order valence-electron chi connectivity index (χ0n) is 10.2. The minimum atomic E-state index is 0.312. The molecule has 92 valence electrons. The van der Waals surface area contributed by atoms with Crippen LogP contribution in [0.4, 0.5) is 0 Å². The molecule has 0 atom stereocenters. The number of nitrogens with zero attached hydrogens (tertiary/aromatic N) is 2. The standard InChI is InChI=1S/C12H23N3O/c1-14(7-4-11-8-13-9-11)10-12(16)15-5-2-3-6-15/h11,13H,2-10H2,1H3. The van der Waals surface area contributed by atoms with Crippen LogP contribution in [-0.4, -0.2) is 62.0 Å². The van der Waals surface area contributed by atoms with Crippen LogP contribution in [0.25, 0.3) is 0 Å². The van der Waals surface area contributed by atoms with Crippen molar-refractivity contribution in [2.24, 2.45) is 5.92 Å². The monoisotopic (exact) mass is 225 g/mol. The molecule has 2 saturated heterocycles. The Labute approximate surface area is 98.0 Å². The summed E-state index contributed by atoms with van der Waals surface area (Å²) in [7, 11) is 2.06. The molecule has 1 N–H and O–H groups in total. The predicted octanol–water partition coefficient (Wildman–Crippen LogP) is 0.150. The van der Waals surface area contributed by atoms with E-state index in [0.29, 0.717) is 12.5 Å². The van der Waals surface area contributed by atoms with Gasteiger partial charge in [0.15, 0.2) is 0 Å². The lowest BCUT2D eigenvalue weighted by Gasteiger charge is -2.29. The molecule has 0 spiro atoms. The van der Waals surface area contributed by atoms with Crippen LogP contribution in [0.3, 0.4) is 0 Å². The minimum absolute atomic E-state index is 0.312. The number of hydrogen-bond donors (Lipinski definition) is 1. The fourth-order valence-corrected chi connectivity index (χ4v) is 2.33. The number of rotatable bonds is 5. The Balaban J connectivity index is 1.61. The van der Waals surface area contributed by atoms with E-state index < -0.39 is 0 Å². The van der Waals surface area contributed by atoms with Crippen LogP contribution in [0.15, 0.2) is 0 Å². The van der Waals surface area contributed by atoms with Crippen molar-refractivity contribution in [2.75, 3.05) is 46.3 Å². The van der Waals surface area contributed by atoms with Crippen molar-refractivity contribution in [3.8, 4) is 0 Å². The van der Waals surface area contributed by atoms with Gasteiger partial charge in [0.05, 0.1) is 6.54 Å². The number of carbonyl (C=O) groups excluding carboxylic acids is 1. The largest absolute Gasteiger partial charge is 0.342 e. The van der Waals surface area contributed by atoms with E-state index in [9.17, 15) is 4.79 Å². The average molecular weight is 225 g/mol. The number of hydrogen-bond acceptors (Lipinski definition) is 3. The van der Waals surface area contributed by atoms with E-state index >= 15 is 0 Å². The van der Waals surface area contributed by atoms with Gasteiger partial charge < -0.3 is 10.2 Å². The van der Waals surface area contributed by atoms with E-state index in [4.69, 9.17) is 0 Å². The summed E-state index contributed by atoms with van der Waals surface area (Å²) in [5.41, 5.74) is 0. The van der Waals surface area contributed by atoms with E-state index in [1.54, 1.807) is 0 Å². The van der Waals surface area contributed by atoms with Crippen molar-refractivity contribution in [3.05, 3.63) is 0 Å². The van der Waals surface area contributed by atoms with E-state index in [0.717, 1.165) is 38.6 Å². The highest BCUT2D eigenvalue weighted by Crippen LogP contribution is 2.10. The molecule has 2 aliphatic heterocycles. The third-order valence-electron chi connectivity index (χ3n) is 3.65. The second-order valence-corrected chi connectivity index (χ2v) is 5.14.